The summed E-state index contributed by atoms with van der Waals surface area (Å²) in [6.45, 7) is 0. The lowest BCUT2D eigenvalue weighted by molar-refractivity contribution is 0.0252. The van der Waals surface area contributed by atoms with E-state index in [-0.39, 0.29) is 5.82 Å². The Morgan fingerprint density at radius 1 is 1.10 bits per heavy atom. The first-order chi connectivity index (χ1) is 14.6. The minimum atomic E-state index is -0.418. The van der Waals surface area contributed by atoms with Crippen LogP contribution in [0, 0.1) is 5.82 Å². The van der Waals surface area contributed by atoms with Gasteiger partial charge in [-0.1, -0.05) is 30.3 Å². The number of carbonyl (C=O) groups excluding carboxylic acids is 2. The molecule has 30 heavy (non-hydrogen) atoms. The molecule has 1 aliphatic rings. The van der Waals surface area contributed by atoms with E-state index in [0.29, 0.717) is 28.5 Å². The number of fused-ring (bicyclic) bond motifs is 2. The third-order valence-electron chi connectivity index (χ3n) is 5.17. The number of esters is 1. The average molecular weight is 401 g/mol. The van der Waals surface area contributed by atoms with Crippen LogP contribution in [-0.2, 0) is 11.2 Å². The van der Waals surface area contributed by atoms with Gasteiger partial charge in [0, 0.05) is 17.4 Å². The highest BCUT2D eigenvalue weighted by molar-refractivity contribution is 6.08. The average Bonchev–Trinajstić information content (AvgIpc) is 3.15. The molecule has 0 spiro atoms. The van der Waals surface area contributed by atoms with E-state index < -0.39 is 23.8 Å². The van der Waals surface area contributed by atoms with Crippen LogP contribution >= 0.6 is 0 Å². The molecule has 1 atom stereocenters. The van der Waals surface area contributed by atoms with Gasteiger partial charge in [-0.2, -0.15) is 5.10 Å². The summed E-state index contributed by atoms with van der Waals surface area (Å²) in [5.41, 5.74) is 3.08. The van der Waals surface area contributed by atoms with Gasteiger partial charge >= 0.3 is 5.97 Å². The number of rotatable bonds is 3. The highest BCUT2D eigenvalue weighted by atomic mass is 19.1. The van der Waals surface area contributed by atoms with E-state index >= 15 is 0 Å². The molecule has 0 fully saturated rings. The van der Waals surface area contributed by atoms with Crippen molar-refractivity contribution in [3.63, 3.8) is 0 Å². The minimum absolute atomic E-state index is 0.244. The van der Waals surface area contributed by atoms with Crippen molar-refractivity contribution in [3.05, 3.63) is 94.8 Å². The van der Waals surface area contributed by atoms with Gasteiger partial charge in [0.15, 0.2) is 5.82 Å². The number of cyclic esters (lactones) is 1. The molecule has 0 bridgehead atoms. The van der Waals surface area contributed by atoms with Crippen LogP contribution in [0.5, 0.6) is 0 Å². The van der Waals surface area contributed by atoms with Gasteiger partial charge in [-0.3, -0.25) is 9.89 Å². The van der Waals surface area contributed by atoms with Crippen molar-refractivity contribution in [2.75, 3.05) is 5.32 Å². The number of hydrogen-bond donors (Lipinski definition) is 2. The number of amides is 1. The molecule has 0 saturated heterocycles. The summed E-state index contributed by atoms with van der Waals surface area (Å²) in [5, 5.41) is 10.0. The SMILES string of the molecule is O=C(Nc1n[nH]c2ccc(F)cc12)c1ccc2c(c1)CC(c1ccccc1)OC2=O. The predicted octanol–water partition coefficient (Wildman–Crippen LogP) is 4.41. The summed E-state index contributed by atoms with van der Waals surface area (Å²) in [5.74, 6) is -0.982. The summed E-state index contributed by atoms with van der Waals surface area (Å²) in [4.78, 5) is 25.2. The van der Waals surface area contributed by atoms with Crippen LogP contribution in [0.3, 0.4) is 0 Å². The second-order valence-corrected chi connectivity index (χ2v) is 7.10. The topological polar surface area (TPSA) is 84.1 Å². The van der Waals surface area contributed by atoms with E-state index in [0.717, 1.165) is 11.1 Å². The number of aromatic nitrogens is 2. The standard InChI is InChI=1S/C23H16FN3O3/c24-16-7-9-19-18(12-16)21(27-26-19)25-22(28)14-6-8-17-15(10-14)11-20(30-23(17)29)13-4-2-1-3-5-13/h1-10,12,20H,11H2,(H2,25,26,27,28). The molecule has 1 aromatic heterocycles. The Hall–Kier alpha value is -4.00. The first-order valence-corrected chi connectivity index (χ1v) is 9.42. The zero-order valence-corrected chi connectivity index (χ0v) is 15.7. The number of halogens is 1. The lowest BCUT2D eigenvalue weighted by Gasteiger charge is -2.25. The van der Waals surface area contributed by atoms with Crippen molar-refractivity contribution >= 4 is 28.6 Å². The van der Waals surface area contributed by atoms with E-state index in [2.05, 4.69) is 15.5 Å². The molecular formula is C23H16FN3O3. The van der Waals surface area contributed by atoms with Gasteiger partial charge in [-0.05, 0) is 47.5 Å². The maximum atomic E-state index is 13.6. The van der Waals surface area contributed by atoms with Crippen LogP contribution < -0.4 is 5.32 Å². The summed E-state index contributed by atoms with van der Waals surface area (Å²) in [6, 6.07) is 18.5. The van der Waals surface area contributed by atoms with Crippen LogP contribution in [-0.4, -0.2) is 22.1 Å². The molecule has 5 rings (SSSR count). The molecule has 7 heteroatoms. The highest BCUT2D eigenvalue weighted by Gasteiger charge is 2.28. The van der Waals surface area contributed by atoms with Gasteiger partial charge in [0.1, 0.15) is 11.9 Å². The Labute approximate surface area is 170 Å². The third-order valence-corrected chi connectivity index (χ3v) is 5.17. The van der Waals surface area contributed by atoms with E-state index in [4.69, 9.17) is 4.74 Å². The number of nitrogens with one attached hydrogen (secondary N) is 2. The second-order valence-electron chi connectivity index (χ2n) is 7.10. The third kappa shape index (κ3) is 3.20. The lowest BCUT2D eigenvalue weighted by Crippen LogP contribution is -2.23. The molecular weight excluding hydrogens is 385 g/mol. The number of H-pyrrole nitrogens is 1. The molecule has 2 heterocycles. The quantitative estimate of drug-likeness (QED) is 0.498. The fourth-order valence-electron chi connectivity index (χ4n) is 3.65. The lowest BCUT2D eigenvalue weighted by atomic mass is 9.93. The Morgan fingerprint density at radius 3 is 2.77 bits per heavy atom. The smallest absolute Gasteiger partial charge is 0.339 e. The van der Waals surface area contributed by atoms with Gasteiger partial charge in [0.05, 0.1) is 11.1 Å². The fraction of sp³-hybridized carbons (Fsp3) is 0.0870. The molecule has 3 aromatic carbocycles. The number of carbonyl (C=O) groups is 2. The van der Waals surface area contributed by atoms with Crippen molar-refractivity contribution in [2.45, 2.75) is 12.5 Å². The fourth-order valence-corrected chi connectivity index (χ4v) is 3.65. The summed E-state index contributed by atoms with van der Waals surface area (Å²) < 4.78 is 19.1. The molecule has 4 aromatic rings. The molecule has 1 aliphatic heterocycles. The normalized spacial score (nSPS) is 15.5. The van der Waals surface area contributed by atoms with Crippen molar-refractivity contribution in [3.8, 4) is 0 Å². The summed E-state index contributed by atoms with van der Waals surface area (Å²) >= 11 is 0. The second kappa shape index (κ2) is 7.11. The van der Waals surface area contributed by atoms with Crippen molar-refractivity contribution in [2.24, 2.45) is 0 Å². The largest absolute Gasteiger partial charge is 0.454 e. The first kappa shape index (κ1) is 18.1. The molecule has 6 nitrogen and oxygen atoms in total. The maximum Gasteiger partial charge on any atom is 0.339 e. The molecule has 148 valence electrons. The van der Waals surface area contributed by atoms with Gasteiger partial charge in [0.2, 0.25) is 0 Å². The molecule has 0 aliphatic carbocycles. The number of aromatic amines is 1. The van der Waals surface area contributed by atoms with Crippen LogP contribution in [0.15, 0.2) is 66.7 Å². The Morgan fingerprint density at radius 2 is 1.93 bits per heavy atom. The monoisotopic (exact) mass is 401 g/mol. The molecule has 0 saturated carbocycles. The van der Waals surface area contributed by atoms with E-state index in [1.54, 1.807) is 24.3 Å². The summed E-state index contributed by atoms with van der Waals surface area (Å²) in [6.07, 6.45) is 0.0747. The van der Waals surface area contributed by atoms with Gasteiger partial charge in [0.25, 0.3) is 5.91 Å². The van der Waals surface area contributed by atoms with E-state index in [1.165, 1.54) is 12.1 Å². The van der Waals surface area contributed by atoms with Crippen molar-refractivity contribution < 1.29 is 18.7 Å². The Balaban J connectivity index is 1.43. The zero-order chi connectivity index (χ0) is 20.7. The van der Waals surface area contributed by atoms with Gasteiger partial charge in [-0.25, -0.2) is 9.18 Å². The maximum absolute atomic E-state index is 13.6. The van der Waals surface area contributed by atoms with Crippen LogP contribution in [0.25, 0.3) is 10.9 Å². The van der Waals surface area contributed by atoms with E-state index in [1.807, 2.05) is 30.3 Å². The molecule has 1 unspecified atom stereocenters. The van der Waals surface area contributed by atoms with Crippen LogP contribution in [0.2, 0.25) is 0 Å². The van der Waals surface area contributed by atoms with E-state index in [9.17, 15) is 14.0 Å². The number of anilines is 1. The van der Waals surface area contributed by atoms with Crippen LogP contribution in [0.4, 0.5) is 10.2 Å². The molecule has 2 N–H and O–H groups in total. The number of hydrogen-bond acceptors (Lipinski definition) is 4. The number of ether oxygens (including phenoxy) is 1. The first-order valence-electron chi connectivity index (χ1n) is 9.42. The predicted molar refractivity (Wildman–Crippen MR) is 109 cm³/mol. The zero-order valence-electron chi connectivity index (χ0n) is 15.7. The molecule has 0 radical (unpaired) electrons. The number of nitrogens with zero attached hydrogens (tertiary/aromatic N) is 1. The molecule has 1 amide bonds. The van der Waals surface area contributed by atoms with Gasteiger partial charge < -0.3 is 10.1 Å². The summed E-state index contributed by atoms with van der Waals surface area (Å²) in [7, 11) is 0. The highest BCUT2D eigenvalue weighted by Crippen LogP contribution is 2.31. The number of benzene rings is 3. The van der Waals surface area contributed by atoms with Crippen molar-refractivity contribution in [1.29, 1.82) is 0 Å². The Bertz CT molecular complexity index is 1280. The van der Waals surface area contributed by atoms with Crippen molar-refractivity contribution in [1.82, 2.24) is 10.2 Å². The Kier molecular flexibility index (Phi) is 4.28. The van der Waals surface area contributed by atoms with Crippen LogP contribution in [0.1, 0.15) is 37.9 Å². The van der Waals surface area contributed by atoms with Gasteiger partial charge in [-0.15, -0.1) is 0 Å². The minimum Gasteiger partial charge on any atom is -0.454 e.